The van der Waals surface area contributed by atoms with Crippen molar-refractivity contribution in [2.75, 3.05) is 11.9 Å². The molecule has 0 aliphatic heterocycles. The summed E-state index contributed by atoms with van der Waals surface area (Å²) in [7, 11) is 0. The summed E-state index contributed by atoms with van der Waals surface area (Å²) in [6.07, 6.45) is 0. The maximum absolute atomic E-state index is 3.46. The van der Waals surface area contributed by atoms with Crippen molar-refractivity contribution in [2.24, 2.45) is 0 Å². The molecular formula is C16H19N. The summed E-state index contributed by atoms with van der Waals surface area (Å²) in [5, 5.41) is 3.46. The van der Waals surface area contributed by atoms with Gasteiger partial charge in [0.25, 0.3) is 0 Å². The van der Waals surface area contributed by atoms with Gasteiger partial charge in [-0.15, -0.1) is 0 Å². The fourth-order valence-corrected chi connectivity index (χ4v) is 1.84. The second-order valence-electron chi connectivity index (χ2n) is 4.56. The van der Waals surface area contributed by atoms with E-state index in [9.17, 15) is 0 Å². The summed E-state index contributed by atoms with van der Waals surface area (Å²) in [4.78, 5) is 0. The number of hydrogen-bond donors (Lipinski definition) is 1. The molecule has 1 N–H and O–H groups in total. The molecule has 0 radical (unpaired) electrons. The Morgan fingerprint density at radius 2 is 1.59 bits per heavy atom. The van der Waals surface area contributed by atoms with Gasteiger partial charge in [-0.05, 0) is 30.5 Å². The first-order valence-corrected chi connectivity index (χ1v) is 6.11. The van der Waals surface area contributed by atoms with Crippen LogP contribution in [0.2, 0.25) is 0 Å². The van der Waals surface area contributed by atoms with E-state index in [4.69, 9.17) is 0 Å². The largest absolute Gasteiger partial charge is 0.384 e. The Balaban J connectivity index is 1.93. The zero-order valence-corrected chi connectivity index (χ0v) is 10.5. The number of hydrogen-bond acceptors (Lipinski definition) is 1. The van der Waals surface area contributed by atoms with Gasteiger partial charge in [0.2, 0.25) is 0 Å². The van der Waals surface area contributed by atoms with Gasteiger partial charge in [-0.2, -0.15) is 0 Å². The number of aryl methyl sites for hydroxylation is 1. The van der Waals surface area contributed by atoms with E-state index in [1.54, 1.807) is 0 Å². The van der Waals surface area contributed by atoms with Crippen LogP contribution in [0.1, 0.15) is 24.0 Å². The molecule has 0 saturated carbocycles. The van der Waals surface area contributed by atoms with Gasteiger partial charge in [0.15, 0.2) is 0 Å². The molecule has 1 heteroatoms. The minimum absolute atomic E-state index is 0.524. The van der Waals surface area contributed by atoms with Crippen molar-refractivity contribution in [1.29, 1.82) is 0 Å². The molecule has 0 fully saturated rings. The van der Waals surface area contributed by atoms with Crippen molar-refractivity contribution in [3.63, 3.8) is 0 Å². The van der Waals surface area contributed by atoms with Crippen LogP contribution in [0.5, 0.6) is 0 Å². The van der Waals surface area contributed by atoms with Crippen LogP contribution in [-0.4, -0.2) is 6.54 Å². The molecule has 0 spiro atoms. The summed E-state index contributed by atoms with van der Waals surface area (Å²) < 4.78 is 0. The van der Waals surface area contributed by atoms with Crippen LogP contribution in [0.25, 0.3) is 0 Å². The predicted molar refractivity (Wildman–Crippen MR) is 74.5 cm³/mol. The van der Waals surface area contributed by atoms with Crippen LogP contribution in [0, 0.1) is 6.92 Å². The Hall–Kier alpha value is -1.76. The van der Waals surface area contributed by atoms with Gasteiger partial charge in [0, 0.05) is 12.2 Å². The third-order valence-electron chi connectivity index (χ3n) is 3.03. The second-order valence-corrected chi connectivity index (χ2v) is 4.56. The molecule has 0 saturated heterocycles. The van der Waals surface area contributed by atoms with Crippen LogP contribution in [0.15, 0.2) is 54.6 Å². The van der Waals surface area contributed by atoms with Crippen LogP contribution < -0.4 is 5.32 Å². The SMILES string of the molecule is Cc1ccc(C(C)CNc2ccccc2)cc1. The van der Waals surface area contributed by atoms with E-state index in [0.29, 0.717) is 5.92 Å². The smallest absolute Gasteiger partial charge is 0.0340 e. The van der Waals surface area contributed by atoms with Crippen molar-refractivity contribution in [2.45, 2.75) is 19.8 Å². The Morgan fingerprint density at radius 1 is 0.941 bits per heavy atom. The number of benzene rings is 2. The van der Waals surface area contributed by atoms with Gasteiger partial charge in [0.1, 0.15) is 0 Å². The number of para-hydroxylation sites is 1. The average Bonchev–Trinajstić information content (AvgIpc) is 2.38. The Labute approximate surface area is 103 Å². The molecule has 17 heavy (non-hydrogen) atoms. The van der Waals surface area contributed by atoms with Gasteiger partial charge in [0.05, 0.1) is 0 Å². The number of rotatable bonds is 4. The van der Waals surface area contributed by atoms with E-state index < -0.39 is 0 Å². The van der Waals surface area contributed by atoms with Crippen LogP contribution >= 0.6 is 0 Å². The standard InChI is InChI=1S/C16H19N/c1-13-8-10-15(11-9-13)14(2)12-17-16-6-4-3-5-7-16/h3-11,14,17H,12H2,1-2H3. The third-order valence-corrected chi connectivity index (χ3v) is 3.03. The molecule has 1 unspecified atom stereocenters. The van der Waals surface area contributed by atoms with Crippen molar-refractivity contribution < 1.29 is 0 Å². The van der Waals surface area contributed by atoms with E-state index in [-0.39, 0.29) is 0 Å². The lowest BCUT2D eigenvalue weighted by Crippen LogP contribution is -2.09. The Bertz CT molecular complexity index is 445. The van der Waals surface area contributed by atoms with E-state index in [1.807, 2.05) is 6.07 Å². The van der Waals surface area contributed by atoms with Crippen molar-refractivity contribution in [3.05, 3.63) is 65.7 Å². The van der Waals surface area contributed by atoms with Gasteiger partial charge in [-0.1, -0.05) is 55.0 Å². The quantitative estimate of drug-likeness (QED) is 0.821. The summed E-state index contributed by atoms with van der Waals surface area (Å²) in [6, 6.07) is 19.1. The molecule has 2 rings (SSSR count). The van der Waals surface area contributed by atoms with Gasteiger partial charge >= 0.3 is 0 Å². The minimum atomic E-state index is 0.524. The number of anilines is 1. The van der Waals surface area contributed by atoms with Crippen molar-refractivity contribution in [1.82, 2.24) is 0 Å². The molecule has 2 aromatic carbocycles. The molecule has 0 bridgehead atoms. The average molecular weight is 225 g/mol. The topological polar surface area (TPSA) is 12.0 Å². The van der Waals surface area contributed by atoms with E-state index in [2.05, 4.69) is 67.7 Å². The first-order valence-electron chi connectivity index (χ1n) is 6.11. The first-order chi connectivity index (χ1) is 8.25. The fourth-order valence-electron chi connectivity index (χ4n) is 1.84. The van der Waals surface area contributed by atoms with Gasteiger partial charge in [-0.3, -0.25) is 0 Å². The maximum atomic E-state index is 3.46. The molecule has 1 atom stereocenters. The van der Waals surface area contributed by atoms with Crippen LogP contribution in [0.4, 0.5) is 5.69 Å². The highest BCUT2D eigenvalue weighted by Crippen LogP contribution is 2.16. The third kappa shape index (κ3) is 3.35. The Kier molecular flexibility index (Phi) is 3.81. The molecule has 88 valence electrons. The van der Waals surface area contributed by atoms with Gasteiger partial charge in [-0.25, -0.2) is 0 Å². The summed E-state index contributed by atoms with van der Waals surface area (Å²) >= 11 is 0. The summed E-state index contributed by atoms with van der Waals surface area (Å²) in [5.41, 5.74) is 3.89. The highest BCUT2D eigenvalue weighted by Gasteiger charge is 2.04. The normalized spacial score (nSPS) is 12.1. The molecule has 0 aliphatic rings. The molecule has 1 nitrogen and oxygen atoms in total. The van der Waals surface area contributed by atoms with Crippen molar-refractivity contribution in [3.8, 4) is 0 Å². The summed E-state index contributed by atoms with van der Waals surface area (Å²) in [5.74, 6) is 0.524. The zero-order chi connectivity index (χ0) is 12.1. The molecular weight excluding hydrogens is 206 g/mol. The van der Waals surface area contributed by atoms with Gasteiger partial charge < -0.3 is 5.32 Å². The molecule has 2 aromatic rings. The predicted octanol–water partition coefficient (Wildman–Crippen LogP) is 4.21. The highest BCUT2D eigenvalue weighted by atomic mass is 14.9. The maximum Gasteiger partial charge on any atom is 0.0340 e. The lowest BCUT2D eigenvalue weighted by Gasteiger charge is -2.14. The number of nitrogens with one attached hydrogen (secondary N) is 1. The van der Waals surface area contributed by atoms with Crippen LogP contribution in [-0.2, 0) is 0 Å². The minimum Gasteiger partial charge on any atom is -0.384 e. The highest BCUT2D eigenvalue weighted by molar-refractivity contribution is 5.43. The monoisotopic (exact) mass is 225 g/mol. The van der Waals surface area contributed by atoms with E-state index in [1.165, 1.54) is 16.8 Å². The molecule has 0 heterocycles. The van der Waals surface area contributed by atoms with E-state index >= 15 is 0 Å². The lowest BCUT2D eigenvalue weighted by molar-refractivity contribution is 0.804. The zero-order valence-electron chi connectivity index (χ0n) is 10.5. The van der Waals surface area contributed by atoms with Crippen LogP contribution in [0.3, 0.4) is 0 Å². The molecule has 0 aliphatic carbocycles. The molecule has 0 aromatic heterocycles. The summed E-state index contributed by atoms with van der Waals surface area (Å²) in [6.45, 7) is 5.34. The Morgan fingerprint density at radius 3 is 2.24 bits per heavy atom. The lowest BCUT2D eigenvalue weighted by atomic mass is 10.00. The first kappa shape index (κ1) is 11.7. The van der Waals surface area contributed by atoms with Crippen molar-refractivity contribution >= 4 is 5.69 Å². The molecule has 0 amide bonds. The fraction of sp³-hybridized carbons (Fsp3) is 0.250. The van der Waals surface area contributed by atoms with E-state index in [0.717, 1.165) is 6.54 Å². The second kappa shape index (κ2) is 5.53.